The largest absolute Gasteiger partial charge is 0.382 e. The van der Waals surface area contributed by atoms with E-state index in [1.54, 1.807) is 0 Å². The summed E-state index contributed by atoms with van der Waals surface area (Å²) in [4.78, 5) is 0. The van der Waals surface area contributed by atoms with Crippen LogP contribution in [0.5, 0.6) is 0 Å². The summed E-state index contributed by atoms with van der Waals surface area (Å²) >= 11 is 0. The van der Waals surface area contributed by atoms with Gasteiger partial charge in [0, 0.05) is 17.5 Å². The molecule has 0 amide bonds. The minimum Gasteiger partial charge on any atom is -0.382 e. The highest BCUT2D eigenvalue weighted by molar-refractivity contribution is 5.61. The van der Waals surface area contributed by atoms with Gasteiger partial charge in [-0.15, -0.1) is 10.2 Å². The highest BCUT2D eigenvalue weighted by Crippen LogP contribution is 2.21. The van der Waals surface area contributed by atoms with Gasteiger partial charge in [-0.1, -0.05) is 60.7 Å². The lowest BCUT2D eigenvalue weighted by Gasteiger charge is -2.07. The van der Waals surface area contributed by atoms with Crippen molar-refractivity contribution in [1.82, 2.24) is 10.2 Å². The molecule has 2 aromatic carbocycles. The maximum atomic E-state index is 5.94. The van der Waals surface area contributed by atoms with Gasteiger partial charge in [-0.05, 0) is 11.6 Å². The van der Waals surface area contributed by atoms with Crippen LogP contribution in [0.2, 0.25) is 0 Å². The number of nitrogen functional groups attached to an aromatic ring is 1. The van der Waals surface area contributed by atoms with Crippen LogP contribution >= 0.6 is 0 Å². The zero-order valence-electron chi connectivity index (χ0n) is 11.0. The summed E-state index contributed by atoms with van der Waals surface area (Å²) in [5.74, 6) is 0.494. The van der Waals surface area contributed by atoms with Crippen molar-refractivity contribution >= 4 is 5.82 Å². The van der Waals surface area contributed by atoms with E-state index in [0.29, 0.717) is 5.82 Å². The molecule has 1 heterocycles. The summed E-state index contributed by atoms with van der Waals surface area (Å²) in [5.41, 5.74) is 10.1. The summed E-state index contributed by atoms with van der Waals surface area (Å²) in [6.07, 6.45) is 0.766. The van der Waals surface area contributed by atoms with Crippen LogP contribution < -0.4 is 5.73 Å². The van der Waals surface area contributed by atoms with Crippen molar-refractivity contribution in [2.24, 2.45) is 0 Å². The molecule has 98 valence electrons. The van der Waals surface area contributed by atoms with Crippen molar-refractivity contribution in [3.8, 4) is 11.3 Å². The Morgan fingerprint density at radius 1 is 0.800 bits per heavy atom. The molecular weight excluding hydrogens is 246 g/mol. The minimum atomic E-state index is 0.494. The van der Waals surface area contributed by atoms with Gasteiger partial charge < -0.3 is 5.73 Å². The van der Waals surface area contributed by atoms with Crippen molar-refractivity contribution in [3.05, 3.63) is 77.9 Å². The number of hydrogen-bond acceptors (Lipinski definition) is 3. The Bertz CT molecular complexity index is 694. The summed E-state index contributed by atoms with van der Waals surface area (Å²) in [7, 11) is 0. The third-order valence-electron chi connectivity index (χ3n) is 3.21. The number of rotatable bonds is 3. The molecule has 0 fully saturated rings. The summed E-state index contributed by atoms with van der Waals surface area (Å²) in [5, 5.41) is 8.26. The predicted molar refractivity (Wildman–Crippen MR) is 81.1 cm³/mol. The number of nitrogens with two attached hydrogens (primary N) is 1. The van der Waals surface area contributed by atoms with E-state index >= 15 is 0 Å². The van der Waals surface area contributed by atoms with Crippen molar-refractivity contribution in [1.29, 1.82) is 0 Å². The first-order valence-electron chi connectivity index (χ1n) is 6.54. The first-order valence-corrected chi connectivity index (χ1v) is 6.54. The minimum absolute atomic E-state index is 0.494. The van der Waals surface area contributed by atoms with Crippen molar-refractivity contribution in [2.45, 2.75) is 6.42 Å². The zero-order valence-corrected chi connectivity index (χ0v) is 11.0. The molecule has 0 unspecified atom stereocenters. The Labute approximate surface area is 118 Å². The second-order valence-electron chi connectivity index (χ2n) is 4.67. The molecule has 0 saturated heterocycles. The molecule has 0 aliphatic carbocycles. The van der Waals surface area contributed by atoms with Crippen LogP contribution in [0.3, 0.4) is 0 Å². The van der Waals surface area contributed by atoms with Gasteiger partial charge in [0.1, 0.15) is 5.82 Å². The number of nitrogens with zero attached hydrogens (tertiary/aromatic N) is 2. The fourth-order valence-corrected chi connectivity index (χ4v) is 2.15. The molecule has 20 heavy (non-hydrogen) atoms. The van der Waals surface area contributed by atoms with Crippen molar-refractivity contribution < 1.29 is 0 Å². The lowest BCUT2D eigenvalue weighted by atomic mass is 10.0. The van der Waals surface area contributed by atoms with E-state index in [2.05, 4.69) is 22.3 Å². The topological polar surface area (TPSA) is 51.8 Å². The first kappa shape index (κ1) is 12.4. The molecule has 0 spiro atoms. The van der Waals surface area contributed by atoms with Gasteiger partial charge in [0.15, 0.2) is 0 Å². The summed E-state index contributed by atoms with van der Waals surface area (Å²) in [6.45, 7) is 0. The van der Waals surface area contributed by atoms with E-state index in [-0.39, 0.29) is 0 Å². The number of hydrogen-bond donors (Lipinski definition) is 1. The Balaban J connectivity index is 1.95. The van der Waals surface area contributed by atoms with E-state index in [0.717, 1.165) is 23.2 Å². The van der Waals surface area contributed by atoms with Crippen molar-refractivity contribution in [3.63, 3.8) is 0 Å². The molecule has 3 nitrogen and oxygen atoms in total. The van der Waals surface area contributed by atoms with E-state index < -0.39 is 0 Å². The Morgan fingerprint density at radius 2 is 1.45 bits per heavy atom. The Kier molecular flexibility index (Phi) is 3.42. The SMILES string of the molecule is Nc1nnc(-c2ccccc2)cc1Cc1ccccc1. The van der Waals surface area contributed by atoms with Crippen LogP contribution in [0, 0.1) is 0 Å². The standard InChI is InChI=1S/C17H15N3/c18-17-15(11-13-7-3-1-4-8-13)12-16(19-20-17)14-9-5-2-6-10-14/h1-10,12H,11H2,(H2,18,20). The van der Waals surface area contributed by atoms with E-state index in [1.165, 1.54) is 5.56 Å². The highest BCUT2D eigenvalue weighted by atomic mass is 15.1. The fourth-order valence-electron chi connectivity index (χ4n) is 2.15. The van der Waals surface area contributed by atoms with Gasteiger partial charge in [0.05, 0.1) is 5.69 Å². The third kappa shape index (κ3) is 2.67. The van der Waals surface area contributed by atoms with Crippen LogP contribution in [0.25, 0.3) is 11.3 Å². The van der Waals surface area contributed by atoms with Gasteiger partial charge in [0.25, 0.3) is 0 Å². The molecule has 0 bridgehead atoms. The molecule has 2 N–H and O–H groups in total. The Hall–Kier alpha value is -2.68. The Morgan fingerprint density at radius 3 is 2.15 bits per heavy atom. The molecule has 0 radical (unpaired) electrons. The predicted octanol–water partition coefficient (Wildman–Crippen LogP) is 3.32. The molecule has 0 atom stereocenters. The van der Waals surface area contributed by atoms with Crippen LogP contribution in [0.1, 0.15) is 11.1 Å². The first-order chi connectivity index (χ1) is 9.83. The van der Waals surface area contributed by atoms with Gasteiger partial charge in [-0.25, -0.2) is 0 Å². The van der Waals surface area contributed by atoms with Gasteiger partial charge in [-0.2, -0.15) is 0 Å². The molecule has 3 heteroatoms. The van der Waals surface area contributed by atoms with Crippen LogP contribution in [-0.2, 0) is 6.42 Å². The molecular formula is C17H15N3. The maximum Gasteiger partial charge on any atom is 0.149 e. The third-order valence-corrected chi connectivity index (χ3v) is 3.21. The zero-order chi connectivity index (χ0) is 13.8. The highest BCUT2D eigenvalue weighted by Gasteiger charge is 2.07. The van der Waals surface area contributed by atoms with E-state index in [9.17, 15) is 0 Å². The molecule has 0 aliphatic rings. The van der Waals surface area contributed by atoms with E-state index in [4.69, 9.17) is 5.73 Å². The molecule has 0 aliphatic heterocycles. The van der Waals surface area contributed by atoms with Crippen molar-refractivity contribution in [2.75, 3.05) is 5.73 Å². The van der Waals surface area contributed by atoms with Gasteiger partial charge in [0.2, 0.25) is 0 Å². The normalized spacial score (nSPS) is 10.4. The van der Waals surface area contributed by atoms with Gasteiger partial charge in [-0.3, -0.25) is 0 Å². The second kappa shape index (κ2) is 5.53. The number of anilines is 1. The van der Waals surface area contributed by atoms with Crippen LogP contribution in [0.4, 0.5) is 5.82 Å². The average molecular weight is 261 g/mol. The molecule has 0 saturated carbocycles. The summed E-state index contributed by atoms with van der Waals surface area (Å²) in [6, 6.07) is 22.3. The molecule has 3 rings (SSSR count). The molecule has 3 aromatic rings. The van der Waals surface area contributed by atoms with Crippen LogP contribution in [0.15, 0.2) is 66.7 Å². The molecule has 1 aromatic heterocycles. The quantitative estimate of drug-likeness (QED) is 0.787. The van der Waals surface area contributed by atoms with Crippen LogP contribution in [-0.4, -0.2) is 10.2 Å². The number of benzene rings is 2. The smallest absolute Gasteiger partial charge is 0.149 e. The van der Waals surface area contributed by atoms with Gasteiger partial charge >= 0.3 is 0 Å². The lowest BCUT2D eigenvalue weighted by Crippen LogP contribution is -2.02. The average Bonchev–Trinajstić information content (AvgIpc) is 2.51. The summed E-state index contributed by atoms with van der Waals surface area (Å²) < 4.78 is 0. The lowest BCUT2D eigenvalue weighted by molar-refractivity contribution is 1.01. The fraction of sp³-hybridized carbons (Fsp3) is 0.0588. The van der Waals surface area contributed by atoms with E-state index in [1.807, 2.05) is 54.6 Å². The second-order valence-corrected chi connectivity index (χ2v) is 4.67. The number of aromatic nitrogens is 2. The monoisotopic (exact) mass is 261 g/mol. The maximum absolute atomic E-state index is 5.94.